The predicted octanol–water partition coefficient (Wildman–Crippen LogP) is 1.46. The summed E-state index contributed by atoms with van der Waals surface area (Å²) in [5, 5.41) is 9.05. The largest absolute Gasteiger partial charge is 0.392 e. The van der Waals surface area contributed by atoms with Gasteiger partial charge in [0.25, 0.3) is 0 Å². The van der Waals surface area contributed by atoms with Gasteiger partial charge in [-0.25, -0.2) is 12.7 Å². The molecule has 1 aliphatic rings. The maximum atomic E-state index is 12.3. The molecule has 2 unspecified atom stereocenters. The lowest BCUT2D eigenvalue weighted by atomic mass is 10.2. The maximum Gasteiger partial charge on any atom is 0.242 e. The van der Waals surface area contributed by atoms with E-state index in [1.807, 2.05) is 0 Å². The first-order chi connectivity index (χ1) is 8.45. The number of benzene rings is 1. The van der Waals surface area contributed by atoms with Gasteiger partial charge in [0.15, 0.2) is 0 Å². The van der Waals surface area contributed by atoms with Crippen molar-refractivity contribution in [2.45, 2.75) is 24.8 Å². The van der Waals surface area contributed by atoms with Crippen LogP contribution in [0.4, 0.5) is 0 Å². The maximum absolute atomic E-state index is 12.3. The Hall–Kier alpha value is -0.910. The zero-order chi connectivity index (χ0) is 13.3. The lowest BCUT2D eigenvalue weighted by molar-refractivity contribution is 0.281. The highest BCUT2D eigenvalue weighted by atomic mass is 32.2. The standard InChI is InChI=1S/C13H19NO3S/c1-10-6-12(10)8-14(2)18(16,17)13-5-3-4-11(7-13)9-15/h3-5,7,10,12,15H,6,8-9H2,1-2H3. The second-order valence-corrected chi connectivity index (χ2v) is 7.11. The van der Waals surface area contributed by atoms with E-state index in [0.29, 0.717) is 23.9 Å². The molecule has 1 aliphatic carbocycles. The molecular formula is C13H19NO3S. The van der Waals surface area contributed by atoms with E-state index < -0.39 is 10.0 Å². The highest BCUT2D eigenvalue weighted by Crippen LogP contribution is 2.38. The normalized spacial score (nSPS) is 23.3. The summed E-state index contributed by atoms with van der Waals surface area (Å²) in [6.45, 7) is 2.57. The van der Waals surface area contributed by atoms with Crippen LogP contribution in [-0.2, 0) is 16.6 Å². The van der Waals surface area contributed by atoms with Crippen molar-refractivity contribution in [2.24, 2.45) is 11.8 Å². The molecule has 100 valence electrons. The van der Waals surface area contributed by atoms with Crippen LogP contribution in [0, 0.1) is 11.8 Å². The van der Waals surface area contributed by atoms with E-state index in [9.17, 15) is 8.42 Å². The third-order valence-electron chi connectivity index (χ3n) is 3.56. The Morgan fingerprint density at radius 1 is 1.44 bits per heavy atom. The van der Waals surface area contributed by atoms with E-state index in [0.717, 1.165) is 6.42 Å². The fourth-order valence-electron chi connectivity index (χ4n) is 2.07. The second kappa shape index (κ2) is 4.99. The number of hydrogen-bond donors (Lipinski definition) is 1. The van der Waals surface area contributed by atoms with Crippen LogP contribution in [0.25, 0.3) is 0 Å². The van der Waals surface area contributed by atoms with Crippen molar-refractivity contribution in [3.63, 3.8) is 0 Å². The van der Waals surface area contributed by atoms with Gasteiger partial charge in [0.1, 0.15) is 0 Å². The number of sulfonamides is 1. The van der Waals surface area contributed by atoms with Gasteiger partial charge in [0.05, 0.1) is 11.5 Å². The Labute approximate surface area is 108 Å². The minimum Gasteiger partial charge on any atom is -0.392 e. The molecule has 1 saturated carbocycles. The summed E-state index contributed by atoms with van der Waals surface area (Å²) >= 11 is 0. The van der Waals surface area contributed by atoms with Crippen LogP contribution in [0.5, 0.6) is 0 Å². The first-order valence-corrected chi connectivity index (χ1v) is 7.55. The lowest BCUT2D eigenvalue weighted by Crippen LogP contribution is -2.29. The number of aliphatic hydroxyl groups is 1. The summed E-state index contributed by atoms with van der Waals surface area (Å²) in [7, 11) is -1.81. The molecule has 2 rings (SSSR count). The summed E-state index contributed by atoms with van der Waals surface area (Å²) in [6, 6.07) is 6.47. The molecule has 0 saturated heterocycles. The van der Waals surface area contributed by atoms with Crippen LogP contribution in [0.2, 0.25) is 0 Å². The summed E-state index contributed by atoms with van der Waals surface area (Å²) in [4.78, 5) is 0.254. The molecule has 0 radical (unpaired) electrons. The van der Waals surface area contributed by atoms with Crippen molar-refractivity contribution in [3.05, 3.63) is 29.8 Å². The van der Waals surface area contributed by atoms with Crippen LogP contribution in [0.1, 0.15) is 18.9 Å². The molecule has 0 spiro atoms. The highest BCUT2D eigenvalue weighted by Gasteiger charge is 2.36. The van der Waals surface area contributed by atoms with Gasteiger partial charge in [0, 0.05) is 13.6 Å². The molecule has 1 aromatic rings. The van der Waals surface area contributed by atoms with Gasteiger partial charge in [0.2, 0.25) is 10.0 Å². The van der Waals surface area contributed by atoms with Gasteiger partial charge >= 0.3 is 0 Å². The summed E-state index contributed by atoms with van der Waals surface area (Å²) in [5.74, 6) is 1.12. The smallest absolute Gasteiger partial charge is 0.242 e. The van der Waals surface area contributed by atoms with Crippen LogP contribution in [-0.4, -0.2) is 31.4 Å². The third kappa shape index (κ3) is 2.74. The molecule has 1 N–H and O–H groups in total. The van der Waals surface area contributed by atoms with Crippen molar-refractivity contribution in [1.29, 1.82) is 0 Å². The Morgan fingerprint density at radius 2 is 2.11 bits per heavy atom. The molecule has 0 bridgehead atoms. The molecule has 18 heavy (non-hydrogen) atoms. The van der Waals surface area contributed by atoms with Gasteiger partial charge in [-0.15, -0.1) is 0 Å². The van der Waals surface area contributed by atoms with Crippen molar-refractivity contribution in [2.75, 3.05) is 13.6 Å². The fourth-order valence-corrected chi connectivity index (χ4v) is 3.36. The minimum atomic E-state index is -3.43. The number of aliphatic hydroxyl groups excluding tert-OH is 1. The van der Waals surface area contributed by atoms with E-state index in [-0.39, 0.29) is 11.5 Å². The van der Waals surface area contributed by atoms with Gasteiger partial charge < -0.3 is 5.11 Å². The van der Waals surface area contributed by atoms with E-state index in [2.05, 4.69) is 6.92 Å². The van der Waals surface area contributed by atoms with Crippen molar-refractivity contribution in [1.82, 2.24) is 4.31 Å². The van der Waals surface area contributed by atoms with Crippen molar-refractivity contribution in [3.8, 4) is 0 Å². The van der Waals surface area contributed by atoms with Crippen LogP contribution < -0.4 is 0 Å². The van der Waals surface area contributed by atoms with Crippen molar-refractivity contribution < 1.29 is 13.5 Å². The number of rotatable bonds is 5. The second-order valence-electron chi connectivity index (χ2n) is 5.06. The zero-order valence-corrected chi connectivity index (χ0v) is 11.5. The Bertz CT molecular complexity index is 527. The summed E-state index contributed by atoms with van der Waals surface area (Å²) in [5.41, 5.74) is 0.615. The molecule has 0 aliphatic heterocycles. The summed E-state index contributed by atoms with van der Waals surface area (Å²) < 4.78 is 26.0. The number of hydrogen-bond acceptors (Lipinski definition) is 3. The fraction of sp³-hybridized carbons (Fsp3) is 0.538. The predicted molar refractivity (Wildman–Crippen MR) is 69.5 cm³/mol. The van der Waals surface area contributed by atoms with Crippen LogP contribution in [0.3, 0.4) is 0 Å². The molecule has 1 aromatic carbocycles. The lowest BCUT2D eigenvalue weighted by Gasteiger charge is -2.17. The van der Waals surface area contributed by atoms with Gasteiger partial charge in [-0.3, -0.25) is 0 Å². The van der Waals surface area contributed by atoms with Gasteiger partial charge in [-0.1, -0.05) is 19.1 Å². The first kappa shape index (κ1) is 13.5. The molecule has 0 heterocycles. The molecule has 1 fully saturated rings. The Balaban J connectivity index is 2.18. The van der Waals surface area contributed by atoms with Crippen molar-refractivity contribution >= 4 is 10.0 Å². The first-order valence-electron chi connectivity index (χ1n) is 6.11. The molecule has 0 amide bonds. The average molecular weight is 269 g/mol. The van der Waals surface area contributed by atoms with E-state index in [4.69, 9.17) is 5.11 Å². The number of nitrogens with zero attached hydrogens (tertiary/aromatic N) is 1. The van der Waals surface area contributed by atoms with Gasteiger partial charge in [-0.05, 0) is 36.0 Å². The van der Waals surface area contributed by atoms with Gasteiger partial charge in [-0.2, -0.15) is 0 Å². The van der Waals surface area contributed by atoms with E-state index in [1.54, 1.807) is 25.2 Å². The minimum absolute atomic E-state index is 0.146. The zero-order valence-electron chi connectivity index (χ0n) is 10.7. The Morgan fingerprint density at radius 3 is 2.67 bits per heavy atom. The van der Waals surface area contributed by atoms with E-state index in [1.165, 1.54) is 10.4 Å². The molecule has 2 atom stereocenters. The SMILES string of the molecule is CC1CC1CN(C)S(=O)(=O)c1cccc(CO)c1. The topological polar surface area (TPSA) is 57.6 Å². The molecule has 4 nitrogen and oxygen atoms in total. The molecule has 0 aromatic heterocycles. The average Bonchev–Trinajstić information content (AvgIpc) is 3.04. The van der Waals surface area contributed by atoms with E-state index >= 15 is 0 Å². The third-order valence-corrected chi connectivity index (χ3v) is 5.38. The quantitative estimate of drug-likeness (QED) is 0.880. The highest BCUT2D eigenvalue weighted by molar-refractivity contribution is 7.89. The van der Waals surface area contributed by atoms with Crippen LogP contribution >= 0.6 is 0 Å². The summed E-state index contributed by atoms with van der Waals surface area (Å²) in [6.07, 6.45) is 1.11. The molecule has 5 heteroatoms. The van der Waals surface area contributed by atoms with Crippen LogP contribution in [0.15, 0.2) is 29.2 Å². The monoisotopic (exact) mass is 269 g/mol. The molecular weight excluding hydrogens is 250 g/mol. The Kier molecular flexibility index (Phi) is 3.75.